The van der Waals surface area contributed by atoms with Crippen LogP contribution in [0.5, 0.6) is 0 Å². The molecule has 0 atom stereocenters. The van der Waals surface area contributed by atoms with Crippen LogP contribution >= 0.6 is 0 Å². The molecule has 0 spiro atoms. The van der Waals surface area contributed by atoms with Gasteiger partial charge in [0.2, 0.25) is 11.9 Å². The maximum atomic E-state index is 5.50. The van der Waals surface area contributed by atoms with Crippen LogP contribution in [0.2, 0.25) is 0 Å². The quantitative estimate of drug-likeness (QED) is 0.701. The van der Waals surface area contributed by atoms with Gasteiger partial charge < -0.3 is 10.6 Å². The number of nitrogens with two attached hydrogens (primary N) is 1. The molecule has 0 bridgehead atoms. The number of nitrogen functional groups attached to an aromatic ring is 1. The van der Waals surface area contributed by atoms with Crippen LogP contribution in [0, 0.1) is 5.41 Å². The third-order valence-electron chi connectivity index (χ3n) is 2.67. The van der Waals surface area contributed by atoms with Crippen molar-refractivity contribution in [1.82, 2.24) is 15.2 Å². The van der Waals surface area contributed by atoms with Crippen molar-refractivity contribution in [3.05, 3.63) is 0 Å². The van der Waals surface area contributed by atoms with Gasteiger partial charge in [0.05, 0.1) is 0 Å². The third kappa shape index (κ3) is 1.81. The summed E-state index contributed by atoms with van der Waals surface area (Å²) in [7, 11) is 0. The molecule has 0 aliphatic carbocycles. The van der Waals surface area contributed by atoms with Crippen LogP contribution in [0.25, 0.3) is 0 Å². The Bertz CT molecular complexity index is 317. The predicted molar refractivity (Wildman–Crippen MR) is 56.0 cm³/mol. The Morgan fingerprint density at radius 1 is 1.50 bits per heavy atom. The summed E-state index contributed by atoms with van der Waals surface area (Å²) in [6.07, 6.45) is 2.46. The van der Waals surface area contributed by atoms with Crippen LogP contribution < -0.4 is 10.6 Å². The van der Waals surface area contributed by atoms with Gasteiger partial charge in [0.15, 0.2) is 0 Å². The van der Waals surface area contributed by atoms with Gasteiger partial charge in [0, 0.05) is 13.1 Å². The molecule has 1 aliphatic heterocycles. The molecular weight excluding hydrogens is 178 g/mol. The molecule has 5 heteroatoms. The van der Waals surface area contributed by atoms with Gasteiger partial charge >= 0.3 is 0 Å². The van der Waals surface area contributed by atoms with Crippen molar-refractivity contribution in [2.75, 3.05) is 23.7 Å². The van der Waals surface area contributed by atoms with E-state index < -0.39 is 0 Å². The molecule has 2 heterocycles. The summed E-state index contributed by atoms with van der Waals surface area (Å²) in [6.45, 7) is 6.58. The van der Waals surface area contributed by atoms with E-state index in [-0.39, 0.29) is 0 Å². The van der Waals surface area contributed by atoms with Crippen molar-refractivity contribution in [1.29, 1.82) is 0 Å². The van der Waals surface area contributed by atoms with Gasteiger partial charge in [-0.1, -0.05) is 13.8 Å². The number of nitrogens with one attached hydrogen (secondary N) is 1. The molecule has 0 radical (unpaired) electrons. The summed E-state index contributed by atoms with van der Waals surface area (Å²) < 4.78 is 0. The van der Waals surface area contributed by atoms with E-state index in [4.69, 9.17) is 5.73 Å². The number of piperidine rings is 1. The second kappa shape index (κ2) is 3.15. The number of H-pyrrole nitrogens is 1. The standard InChI is InChI=1S/C9H17N5/c1-9(2)4-3-5-14(6-9)8-11-7(10)12-13-8/h3-6H2,1-2H3,(H3,10,11,12,13). The first-order chi connectivity index (χ1) is 6.57. The largest absolute Gasteiger partial charge is 0.368 e. The highest BCUT2D eigenvalue weighted by Crippen LogP contribution is 2.30. The Morgan fingerprint density at radius 3 is 2.86 bits per heavy atom. The van der Waals surface area contributed by atoms with E-state index in [1.165, 1.54) is 12.8 Å². The lowest BCUT2D eigenvalue weighted by Gasteiger charge is -2.37. The maximum Gasteiger partial charge on any atom is 0.246 e. The van der Waals surface area contributed by atoms with Crippen molar-refractivity contribution in [3.63, 3.8) is 0 Å². The summed E-state index contributed by atoms with van der Waals surface area (Å²) >= 11 is 0. The van der Waals surface area contributed by atoms with Crippen LogP contribution in [-0.4, -0.2) is 28.3 Å². The van der Waals surface area contributed by atoms with Gasteiger partial charge in [0.25, 0.3) is 0 Å². The van der Waals surface area contributed by atoms with E-state index in [2.05, 4.69) is 33.9 Å². The topological polar surface area (TPSA) is 70.8 Å². The second-order valence-electron chi connectivity index (χ2n) is 4.71. The molecule has 0 saturated carbocycles. The lowest BCUT2D eigenvalue weighted by molar-refractivity contribution is 0.291. The van der Waals surface area contributed by atoms with E-state index in [1.807, 2.05) is 0 Å². The number of aromatic amines is 1. The van der Waals surface area contributed by atoms with Gasteiger partial charge in [0.1, 0.15) is 0 Å². The van der Waals surface area contributed by atoms with Gasteiger partial charge in [-0.15, -0.1) is 5.10 Å². The average molecular weight is 195 g/mol. The number of hydrogen-bond acceptors (Lipinski definition) is 4. The van der Waals surface area contributed by atoms with Gasteiger partial charge in [-0.2, -0.15) is 4.98 Å². The van der Waals surface area contributed by atoms with Crippen LogP contribution in [-0.2, 0) is 0 Å². The van der Waals surface area contributed by atoms with Crippen molar-refractivity contribution < 1.29 is 0 Å². The van der Waals surface area contributed by atoms with Crippen LogP contribution in [0.15, 0.2) is 0 Å². The Balaban J connectivity index is 2.12. The maximum absolute atomic E-state index is 5.50. The Morgan fingerprint density at radius 2 is 2.29 bits per heavy atom. The van der Waals surface area contributed by atoms with Gasteiger partial charge in [-0.05, 0) is 18.3 Å². The number of nitrogens with zero attached hydrogens (tertiary/aromatic N) is 3. The van der Waals surface area contributed by atoms with Crippen molar-refractivity contribution >= 4 is 11.9 Å². The van der Waals surface area contributed by atoms with Gasteiger partial charge in [-0.3, -0.25) is 0 Å². The molecule has 78 valence electrons. The zero-order valence-electron chi connectivity index (χ0n) is 8.75. The smallest absolute Gasteiger partial charge is 0.246 e. The Kier molecular flexibility index (Phi) is 2.09. The molecule has 1 aromatic heterocycles. The number of hydrogen-bond donors (Lipinski definition) is 2. The fourth-order valence-electron chi connectivity index (χ4n) is 2.00. The van der Waals surface area contributed by atoms with Crippen LogP contribution in [0.3, 0.4) is 0 Å². The lowest BCUT2D eigenvalue weighted by Crippen LogP contribution is -2.40. The van der Waals surface area contributed by atoms with E-state index >= 15 is 0 Å². The predicted octanol–water partition coefficient (Wildman–Crippen LogP) is 1.01. The normalized spacial score (nSPS) is 21.1. The van der Waals surface area contributed by atoms with E-state index in [0.717, 1.165) is 19.0 Å². The van der Waals surface area contributed by atoms with Gasteiger partial charge in [-0.25, -0.2) is 5.10 Å². The zero-order chi connectivity index (χ0) is 10.2. The number of anilines is 2. The molecule has 3 N–H and O–H groups in total. The zero-order valence-corrected chi connectivity index (χ0v) is 8.75. The Hall–Kier alpha value is -1.26. The highest BCUT2D eigenvalue weighted by Gasteiger charge is 2.27. The third-order valence-corrected chi connectivity index (χ3v) is 2.67. The van der Waals surface area contributed by atoms with E-state index in [9.17, 15) is 0 Å². The highest BCUT2D eigenvalue weighted by molar-refractivity contribution is 5.34. The molecule has 1 fully saturated rings. The molecule has 1 aromatic rings. The summed E-state index contributed by atoms with van der Waals surface area (Å²) in [5, 5.41) is 6.74. The van der Waals surface area contributed by atoms with Crippen LogP contribution in [0.4, 0.5) is 11.9 Å². The van der Waals surface area contributed by atoms with Crippen molar-refractivity contribution in [2.45, 2.75) is 26.7 Å². The molecule has 2 rings (SSSR count). The molecule has 5 nitrogen and oxygen atoms in total. The van der Waals surface area contributed by atoms with E-state index in [1.54, 1.807) is 0 Å². The number of aromatic nitrogens is 3. The summed E-state index contributed by atoms with van der Waals surface area (Å²) in [5.74, 6) is 1.12. The molecule has 1 saturated heterocycles. The summed E-state index contributed by atoms with van der Waals surface area (Å²) in [5.41, 5.74) is 5.85. The Labute approximate surface area is 83.7 Å². The minimum absolute atomic E-state index is 0.355. The minimum Gasteiger partial charge on any atom is -0.368 e. The van der Waals surface area contributed by atoms with Crippen LogP contribution in [0.1, 0.15) is 26.7 Å². The summed E-state index contributed by atoms with van der Waals surface area (Å²) in [4.78, 5) is 6.33. The fourth-order valence-corrected chi connectivity index (χ4v) is 2.00. The lowest BCUT2D eigenvalue weighted by atomic mass is 9.84. The van der Waals surface area contributed by atoms with Crippen molar-refractivity contribution in [3.8, 4) is 0 Å². The second-order valence-corrected chi connectivity index (χ2v) is 4.71. The molecule has 0 amide bonds. The highest BCUT2D eigenvalue weighted by atomic mass is 15.4. The summed E-state index contributed by atoms with van der Waals surface area (Å²) in [6, 6.07) is 0. The molecular formula is C9H17N5. The monoisotopic (exact) mass is 195 g/mol. The van der Waals surface area contributed by atoms with E-state index in [0.29, 0.717) is 11.4 Å². The fraction of sp³-hybridized carbons (Fsp3) is 0.778. The molecule has 0 unspecified atom stereocenters. The first-order valence-electron chi connectivity index (χ1n) is 5.00. The molecule has 14 heavy (non-hydrogen) atoms. The number of rotatable bonds is 1. The molecule has 1 aliphatic rings. The first-order valence-corrected chi connectivity index (χ1v) is 5.00. The SMILES string of the molecule is CC1(C)CCCN(c2n[nH]c(N)n2)C1. The average Bonchev–Trinajstić information content (AvgIpc) is 2.50. The minimum atomic E-state index is 0.355. The first kappa shape index (κ1) is 9.30. The molecule has 0 aromatic carbocycles. The van der Waals surface area contributed by atoms with Crippen molar-refractivity contribution in [2.24, 2.45) is 5.41 Å².